The van der Waals surface area contributed by atoms with Crippen LogP contribution in [0.2, 0.25) is 0 Å². The van der Waals surface area contributed by atoms with E-state index in [1.165, 1.54) is 0 Å². The van der Waals surface area contributed by atoms with Crippen LogP contribution < -0.4 is 4.90 Å². The Morgan fingerprint density at radius 1 is 1.33 bits per heavy atom. The molecule has 0 aliphatic rings. The zero-order chi connectivity index (χ0) is 13.5. The van der Waals surface area contributed by atoms with Crippen molar-refractivity contribution in [1.82, 2.24) is 0 Å². The summed E-state index contributed by atoms with van der Waals surface area (Å²) >= 11 is 5.61. The molecule has 1 aromatic rings. The van der Waals surface area contributed by atoms with Gasteiger partial charge in [0.15, 0.2) is 0 Å². The third-order valence-corrected chi connectivity index (χ3v) is 2.76. The number of amides is 1. The molecule has 1 rings (SSSR count). The maximum absolute atomic E-state index is 12.0. The van der Waals surface area contributed by atoms with Gasteiger partial charge in [-0.1, -0.05) is 6.07 Å². The highest BCUT2D eigenvalue weighted by Gasteiger charge is 2.15. The van der Waals surface area contributed by atoms with Crippen molar-refractivity contribution in [2.45, 2.75) is 26.7 Å². The summed E-state index contributed by atoms with van der Waals surface area (Å²) in [6.07, 6.45) is 0.612. The van der Waals surface area contributed by atoms with Gasteiger partial charge in [0.05, 0.1) is 12.5 Å². The Labute approximate surface area is 113 Å². The van der Waals surface area contributed by atoms with Crippen LogP contribution in [0.15, 0.2) is 18.2 Å². The first kappa shape index (κ1) is 14.5. The smallest absolute Gasteiger partial charge is 0.228 e. The van der Waals surface area contributed by atoms with Gasteiger partial charge in [0.2, 0.25) is 5.91 Å². The van der Waals surface area contributed by atoms with E-state index in [2.05, 4.69) is 12.1 Å². The molecule has 0 fully saturated rings. The molecule has 0 N–H and O–H groups in total. The molecule has 0 bridgehead atoms. The molecular weight excluding hydrogens is 248 g/mol. The maximum atomic E-state index is 12.0. The summed E-state index contributed by atoms with van der Waals surface area (Å²) in [4.78, 5) is 13.6. The zero-order valence-corrected chi connectivity index (χ0v) is 11.5. The molecule has 0 spiro atoms. The highest BCUT2D eigenvalue weighted by molar-refractivity contribution is 6.19. The Morgan fingerprint density at radius 2 is 1.94 bits per heavy atom. The number of nitriles is 1. The minimum atomic E-state index is -0.0368. The van der Waals surface area contributed by atoms with Crippen LogP contribution in [0, 0.1) is 25.2 Å². The summed E-state index contributed by atoms with van der Waals surface area (Å²) < 4.78 is 0. The van der Waals surface area contributed by atoms with Gasteiger partial charge in [0.25, 0.3) is 0 Å². The van der Waals surface area contributed by atoms with Gasteiger partial charge in [-0.15, -0.1) is 11.6 Å². The molecule has 1 amide bonds. The molecule has 0 radical (unpaired) electrons. The molecule has 0 aromatic heterocycles. The predicted molar refractivity (Wildman–Crippen MR) is 73.8 cm³/mol. The summed E-state index contributed by atoms with van der Waals surface area (Å²) in [5.41, 5.74) is 3.05. The SMILES string of the molecule is Cc1cc(C)cc(N(CCC#N)C(=O)CCCl)c1. The highest BCUT2D eigenvalue weighted by atomic mass is 35.5. The van der Waals surface area contributed by atoms with Crippen molar-refractivity contribution in [2.75, 3.05) is 17.3 Å². The standard InChI is InChI=1S/C14H17ClN2O/c1-11-8-12(2)10-13(9-11)17(7-3-6-16)14(18)4-5-15/h8-10H,3-5,7H2,1-2H3. The maximum Gasteiger partial charge on any atom is 0.228 e. The van der Waals surface area contributed by atoms with E-state index in [0.29, 0.717) is 25.3 Å². The van der Waals surface area contributed by atoms with Gasteiger partial charge in [-0.25, -0.2) is 0 Å². The average molecular weight is 265 g/mol. The van der Waals surface area contributed by atoms with E-state index in [1.807, 2.05) is 26.0 Å². The van der Waals surface area contributed by atoms with Crippen LogP contribution in [0.5, 0.6) is 0 Å². The molecule has 0 saturated carbocycles. The van der Waals surface area contributed by atoms with Crippen LogP contribution >= 0.6 is 11.6 Å². The van der Waals surface area contributed by atoms with Crippen LogP contribution in [0.1, 0.15) is 24.0 Å². The Hall–Kier alpha value is -1.53. The number of hydrogen-bond donors (Lipinski definition) is 0. The largest absolute Gasteiger partial charge is 0.311 e. The Balaban J connectivity index is 3.01. The second-order valence-electron chi connectivity index (χ2n) is 4.24. The Bertz CT molecular complexity index is 445. The fourth-order valence-electron chi connectivity index (χ4n) is 1.88. The molecule has 1 aromatic carbocycles. The van der Waals surface area contributed by atoms with Crippen molar-refractivity contribution in [3.8, 4) is 6.07 Å². The lowest BCUT2D eigenvalue weighted by molar-refractivity contribution is -0.118. The molecule has 0 aliphatic heterocycles. The van der Waals surface area contributed by atoms with E-state index in [9.17, 15) is 4.79 Å². The van der Waals surface area contributed by atoms with E-state index < -0.39 is 0 Å². The average Bonchev–Trinajstić information content (AvgIpc) is 2.28. The Kier molecular flexibility index (Phi) is 5.67. The molecule has 18 heavy (non-hydrogen) atoms. The summed E-state index contributed by atoms with van der Waals surface area (Å²) in [6, 6.07) is 8.03. The van der Waals surface area contributed by atoms with E-state index in [1.54, 1.807) is 4.90 Å². The lowest BCUT2D eigenvalue weighted by atomic mass is 10.1. The van der Waals surface area contributed by atoms with Crippen LogP contribution in [-0.4, -0.2) is 18.3 Å². The monoisotopic (exact) mass is 264 g/mol. The second-order valence-corrected chi connectivity index (χ2v) is 4.62. The van der Waals surface area contributed by atoms with Crippen LogP contribution in [0.4, 0.5) is 5.69 Å². The van der Waals surface area contributed by atoms with Crippen LogP contribution in [0.3, 0.4) is 0 Å². The minimum Gasteiger partial charge on any atom is -0.311 e. The number of benzene rings is 1. The number of nitrogens with zero attached hydrogens (tertiary/aromatic N) is 2. The normalized spacial score (nSPS) is 9.89. The molecule has 4 heteroatoms. The highest BCUT2D eigenvalue weighted by Crippen LogP contribution is 2.20. The van der Waals surface area contributed by atoms with Gasteiger partial charge >= 0.3 is 0 Å². The van der Waals surface area contributed by atoms with Crippen molar-refractivity contribution in [2.24, 2.45) is 0 Å². The fourth-order valence-corrected chi connectivity index (χ4v) is 2.04. The number of halogens is 1. The predicted octanol–water partition coefficient (Wildman–Crippen LogP) is 3.18. The molecular formula is C14H17ClN2O. The topological polar surface area (TPSA) is 44.1 Å². The molecule has 0 unspecified atom stereocenters. The van der Waals surface area contributed by atoms with E-state index in [4.69, 9.17) is 16.9 Å². The van der Waals surface area contributed by atoms with Gasteiger partial charge in [0.1, 0.15) is 0 Å². The van der Waals surface area contributed by atoms with E-state index in [-0.39, 0.29) is 5.91 Å². The number of alkyl halides is 1. The minimum absolute atomic E-state index is 0.0368. The van der Waals surface area contributed by atoms with Crippen molar-refractivity contribution in [3.05, 3.63) is 29.3 Å². The van der Waals surface area contributed by atoms with Crippen molar-refractivity contribution >= 4 is 23.2 Å². The Morgan fingerprint density at radius 3 is 2.44 bits per heavy atom. The molecule has 0 atom stereocenters. The number of carbonyl (C=O) groups excluding carboxylic acids is 1. The van der Waals surface area contributed by atoms with Crippen molar-refractivity contribution < 1.29 is 4.79 Å². The summed E-state index contributed by atoms with van der Waals surface area (Å²) in [7, 11) is 0. The third-order valence-electron chi connectivity index (χ3n) is 2.57. The summed E-state index contributed by atoms with van der Waals surface area (Å²) in [5.74, 6) is 0.261. The molecule has 96 valence electrons. The van der Waals surface area contributed by atoms with Crippen LogP contribution in [0.25, 0.3) is 0 Å². The van der Waals surface area contributed by atoms with E-state index >= 15 is 0 Å². The molecule has 0 saturated heterocycles. The fraction of sp³-hybridized carbons (Fsp3) is 0.429. The second kappa shape index (κ2) is 7.03. The zero-order valence-electron chi connectivity index (χ0n) is 10.7. The van der Waals surface area contributed by atoms with Crippen LogP contribution in [-0.2, 0) is 4.79 Å². The van der Waals surface area contributed by atoms with Gasteiger partial charge in [-0.05, 0) is 37.1 Å². The molecule has 3 nitrogen and oxygen atoms in total. The van der Waals surface area contributed by atoms with Crippen molar-refractivity contribution in [3.63, 3.8) is 0 Å². The first-order valence-electron chi connectivity index (χ1n) is 5.90. The number of aryl methyl sites for hydroxylation is 2. The lowest BCUT2D eigenvalue weighted by Gasteiger charge is -2.22. The molecule has 0 aliphatic carbocycles. The molecule has 0 heterocycles. The number of hydrogen-bond acceptors (Lipinski definition) is 2. The summed E-state index contributed by atoms with van der Waals surface area (Å²) in [6.45, 7) is 4.39. The number of anilines is 1. The van der Waals surface area contributed by atoms with E-state index in [0.717, 1.165) is 16.8 Å². The first-order valence-corrected chi connectivity index (χ1v) is 6.43. The van der Waals surface area contributed by atoms with Gasteiger partial charge in [0, 0.05) is 24.5 Å². The van der Waals surface area contributed by atoms with Gasteiger partial charge < -0.3 is 4.90 Å². The number of rotatable bonds is 5. The summed E-state index contributed by atoms with van der Waals surface area (Å²) in [5, 5.41) is 8.67. The van der Waals surface area contributed by atoms with Crippen molar-refractivity contribution in [1.29, 1.82) is 5.26 Å². The quantitative estimate of drug-likeness (QED) is 0.767. The first-order chi connectivity index (χ1) is 8.58. The van der Waals surface area contributed by atoms with Gasteiger partial charge in [-0.2, -0.15) is 5.26 Å². The third kappa shape index (κ3) is 4.05. The number of carbonyl (C=O) groups is 1. The lowest BCUT2D eigenvalue weighted by Crippen LogP contribution is -2.32. The van der Waals surface area contributed by atoms with Gasteiger partial charge in [-0.3, -0.25) is 4.79 Å².